The van der Waals surface area contributed by atoms with Crippen molar-refractivity contribution >= 4 is 0 Å². The molecule has 0 saturated carbocycles. The second-order valence-corrected chi connectivity index (χ2v) is 7.67. The van der Waals surface area contributed by atoms with Crippen LogP contribution in [0.3, 0.4) is 0 Å². The van der Waals surface area contributed by atoms with Crippen LogP contribution in [-0.2, 0) is 16.7 Å². The third-order valence-electron chi connectivity index (χ3n) is 4.46. The molecule has 0 radical (unpaired) electrons. The zero-order valence-electron chi connectivity index (χ0n) is 15.3. The predicted molar refractivity (Wildman–Crippen MR) is 99.7 cm³/mol. The molecule has 0 atom stereocenters. The van der Waals surface area contributed by atoms with E-state index < -0.39 is 0 Å². The Labute approximate surface area is 149 Å². The molecule has 2 heterocycles. The lowest BCUT2D eigenvalue weighted by atomic mass is 9.92. The molecular weight excluding hydrogens is 314 g/mol. The Morgan fingerprint density at radius 2 is 1.92 bits per heavy atom. The van der Waals surface area contributed by atoms with Gasteiger partial charge in [0.15, 0.2) is 0 Å². The summed E-state index contributed by atoms with van der Waals surface area (Å²) in [5.41, 5.74) is 2.74. The van der Waals surface area contributed by atoms with Crippen molar-refractivity contribution in [3.05, 3.63) is 51.9 Å². The van der Waals surface area contributed by atoms with Gasteiger partial charge in [0.25, 0.3) is 5.56 Å². The fourth-order valence-corrected chi connectivity index (χ4v) is 2.96. The maximum absolute atomic E-state index is 12.0. The molecule has 1 aliphatic heterocycles. The van der Waals surface area contributed by atoms with Crippen molar-refractivity contribution in [3.63, 3.8) is 0 Å². The summed E-state index contributed by atoms with van der Waals surface area (Å²) in [5, 5.41) is 0. The average Bonchev–Trinajstić information content (AvgIpc) is 2.83. The minimum atomic E-state index is -0.155. The highest BCUT2D eigenvalue weighted by Gasteiger charge is 2.17. The van der Waals surface area contributed by atoms with Gasteiger partial charge in [-0.3, -0.25) is 9.69 Å². The van der Waals surface area contributed by atoms with E-state index in [1.165, 1.54) is 5.56 Å². The molecule has 5 heteroatoms. The van der Waals surface area contributed by atoms with Gasteiger partial charge < -0.3 is 9.72 Å². The normalized spacial score (nSPS) is 16.6. The summed E-state index contributed by atoms with van der Waals surface area (Å²) in [4.78, 5) is 21.9. The summed E-state index contributed by atoms with van der Waals surface area (Å²) >= 11 is 0. The van der Waals surface area contributed by atoms with E-state index in [1.807, 2.05) is 12.1 Å². The van der Waals surface area contributed by atoms with Crippen molar-refractivity contribution in [1.29, 1.82) is 0 Å². The summed E-state index contributed by atoms with van der Waals surface area (Å²) in [6, 6.07) is 9.89. The van der Waals surface area contributed by atoms with Gasteiger partial charge in [0.05, 0.1) is 12.3 Å². The first-order valence-corrected chi connectivity index (χ1v) is 8.93. The van der Waals surface area contributed by atoms with Gasteiger partial charge in [0.2, 0.25) is 0 Å². The van der Waals surface area contributed by atoms with Gasteiger partial charge in [-0.05, 0) is 12.0 Å². The number of hydrogen-bond acceptors (Lipinski definition) is 4. The highest BCUT2D eigenvalue weighted by molar-refractivity contribution is 5.55. The van der Waals surface area contributed by atoms with Gasteiger partial charge in [-0.15, -0.1) is 0 Å². The van der Waals surface area contributed by atoms with Crippen molar-refractivity contribution in [3.8, 4) is 11.4 Å². The minimum absolute atomic E-state index is 0.108. The molecule has 2 aromatic rings. The van der Waals surface area contributed by atoms with E-state index in [9.17, 15) is 4.79 Å². The number of nitrogens with zero attached hydrogens (tertiary/aromatic N) is 2. The Balaban J connectivity index is 1.78. The third kappa shape index (κ3) is 4.77. The number of benzene rings is 1. The fraction of sp³-hybridized carbons (Fsp3) is 0.500. The standard InChI is InChI=1S/C20H27N3O2/c1-20(2,3)17-13-18(24)22-19(21-17)16-7-5-15(6-8-16)14-23-9-4-11-25-12-10-23/h5-8,13H,4,9-12,14H2,1-3H3,(H,21,22,24). The molecule has 0 amide bonds. The number of hydrogen-bond donors (Lipinski definition) is 1. The topological polar surface area (TPSA) is 58.2 Å². The summed E-state index contributed by atoms with van der Waals surface area (Å²) < 4.78 is 5.51. The molecule has 1 fully saturated rings. The van der Waals surface area contributed by atoms with Crippen LogP contribution in [0.4, 0.5) is 0 Å². The molecule has 0 unspecified atom stereocenters. The first kappa shape index (κ1) is 17.8. The van der Waals surface area contributed by atoms with E-state index in [1.54, 1.807) is 6.07 Å². The minimum Gasteiger partial charge on any atom is -0.380 e. The average molecular weight is 341 g/mol. The van der Waals surface area contributed by atoms with Gasteiger partial charge in [-0.25, -0.2) is 4.98 Å². The number of rotatable bonds is 3. The van der Waals surface area contributed by atoms with Crippen molar-refractivity contribution in [2.75, 3.05) is 26.3 Å². The van der Waals surface area contributed by atoms with E-state index in [-0.39, 0.29) is 11.0 Å². The molecule has 1 aliphatic rings. The number of ether oxygens (including phenoxy) is 1. The summed E-state index contributed by atoms with van der Waals surface area (Å²) in [6.45, 7) is 10.8. The molecule has 134 valence electrons. The Morgan fingerprint density at radius 3 is 2.64 bits per heavy atom. The predicted octanol–water partition coefficient (Wildman–Crippen LogP) is 2.96. The van der Waals surface area contributed by atoms with Crippen LogP contribution in [0, 0.1) is 0 Å². The number of nitrogens with one attached hydrogen (secondary N) is 1. The van der Waals surface area contributed by atoms with Crippen LogP contribution in [-0.4, -0.2) is 41.2 Å². The van der Waals surface area contributed by atoms with Gasteiger partial charge in [-0.1, -0.05) is 45.0 Å². The first-order valence-electron chi connectivity index (χ1n) is 8.93. The summed E-state index contributed by atoms with van der Waals surface area (Å²) in [7, 11) is 0. The van der Waals surface area contributed by atoms with Crippen LogP contribution in [0.1, 0.15) is 38.4 Å². The van der Waals surface area contributed by atoms with E-state index in [0.717, 1.165) is 50.5 Å². The molecule has 1 aromatic heterocycles. The Morgan fingerprint density at radius 1 is 1.16 bits per heavy atom. The maximum atomic E-state index is 12.0. The Bertz CT molecular complexity index is 752. The highest BCUT2D eigenvalue weighted by atomic mass is 16.5. The maximum Gasteiger partial charge on any atom is 0.251 e. The van der Waals surface area contributed by atoms with Crippen molar-refractivity contribution in [2.45, 2.75) is 39.2 Å². The van der Waals surface area contributed by atoms with Crippen LogP contribution < -0.4 is 5.56 Å². The summed E-state index contributed by atoms with van der Waals surface area (Å²) in [5.74, 6) is 0.632. The van der Waals surface area contributed by atoms with Crippen LogP contribution >= 0.6 is 0 Å². The monoisotopic (exact) mass is 341 g/mol. The lowest BCUT2D eigenvalue weighted by molar-refractivity contribution is 0.140. The molecule has 0 spiro atoms. The van der Waals surface area contributed by atoms with E-state index >= 15 is 0 Å². The van der Waals surface area contributed by atoms with Crippen molar-refractivity contribution < 1.29 is 4.74 Å². The SMILES string of the molecule is CC(C)(C)c1cc(=O)[nH]c(-c2ccc(CN3CCCOCC3)cc2)n1. The lowest BCUT2D eigenvalue weighted by Crippen LogP contribution is -2.25. The Kier molecular flexibility index (Phi) is 5.35. The molecule has 5 nitrogen and oxygen atoms in total. The lowest BCUT2D eigenvalue weighted by Gasteiger charge is -2.19. The fourth-order valence-electron chi connectivity index (χ4n) is 2.96. The van der Waals surface area contributed by atoms with E-state index in [2.05, 4.69) is 47.8 Å². The molecule has 0 aliphatic carbocycles. The number of aromatic nitrogens is 2. The Hall–Kier alpha value is -1.98. The van der Waals surface area contributed by atoms with Crippen molar-refractivity contribution in [2.24, 2.45) is 0 Å². The number of aromatic amines is 1. The van der Waals surface area contributed by atoms with Gasteiger partial charge in [-0.2, -0.15) is 0 Å². The van der Waals surface area contributed by atoms with E-state index in [0.29, 0.717) is 5.82 Å². The second kappa shape index (κ2) is 7.50. The van der Waals surface area contributed by atoms with Crippen LogP contribution in [0.5, 0.6) is 0 Å². The number of H-pyrrole nitrogens is 1. The molecule has 1 aromatic carbocycles. The van der Waals surface area contributed by atoms with Crippen LogP contribution in [0.25, 0.3) is 11.4 Å². The zero-order valence-corrected chi connectivity index (χ0v) is 15.3. The van der Waals surface area contributed by atoms with Gasteiger partial charge in [0, 0.05) is 43.3 Å². The quantitative estimate of drug-likeness (QED) is 0.932. The molecule has 0 bridgehead atoms. The zero-order chi connectivity index (χ0) is 17.9. The smallest absolute Gasteiger partial charge is 0.251 e. The van der Waals surface area contributed by atoms with Crippen molar-refractivity contribution in [1.82, 2.24) is 14.9 Å². The summed E-state index contributed by atoms with van der Waals surface area (Å²) in [6.07, 6.45) is 1.09. The van der Waals surface area contributed by atoms with Crippen LogP contribution in [0.15, 0.2) is 35.1 Å². The molecule has 1 N–H and O–H groups in total. The highest BCUT2D eigenvalue weighted by Crippen LogP contribution is 2.22. The molecule has 1 saturated heterocycles. The molecular formula is C20H27N3O2. The van der Waals surface area contributed by atoms with Gasteiger partial charge in [0.1, 0.15) is 5.82 Å². The third-order valence-corrected chi connectivity index (χ3v) is 4.46. The molecule has 25 heavy (non-hydrogen) atoms. The first-order chi connectivity index (χ1) is 11.9. The van der Waals surface area contributed by atoms with Gasteiger partial charge >= 0.3 is 0 Å². The molecule has 3 rings (SSSR count). The van der Waals surface area contributed by atoms with Crippen LogP contribution in [0.2, 0.25) is 0 Å². The second-order valence-electron chi connectivity index (χ2n) is 7.67. The van der Waals surface area contributed by atoms with E-state index in [4.69, 9.17) is 4.74 Å². The largest absolute Gasteiger partial charge is 0.380 e.